The molecule has 1 amide bonds. The molecular formula is C19H19ClFN5O3. The van der Waals surface area contributed by atoms with Crippen molar-refractivity contribution in [1.82, 2.24) is 14.8 Å². The first-order valence-electron chi connectivity index (χ1n) is 9.62. The van der Waals surface area contributed by atoms with Gasteiger partial charge in [0.25, 0.3) is 0 Å². The maximum Gasteiger partial charge on any atom is 0.490 e. The van der Waals surface area contributed by atoms with Crippen LogP contribution < -0.4 is 5.32 Å². The molecule has 29 heavy (non-hydrogen) atoms. The number of hydrogen-bond acceptors (Lipinski definition) is 5. The molecule has 4 fully saturated rings. The molecule has 1 aromatic heterocycles. The highest BCUT2D eigenvalue weighted by Gasteiger charge is 2.62. The van der Waals surface area contributed by atoms with Crippen LogP contribution in [0.5, 0.6) is 0 Å². The zero-order chi connectivity index (χ0) is 20.4. The molecule has 1 N–H and O–H groups in total. The lowest BCUT2D eigenvalue weighted by Gasteiger charge is -2.60. The monoisotopic (exact) mass is 419 g/mol. The predicted molar refractivity (Wildman–Crippen MR) is 102 cm³/mol. The van der Waals surface area contributed by atoms with E-state index in [0.717, 1.165) is 32.1 Å². The molecule has 10 heteroatoms. The van der Waals surface area contributed by atoms with Crippen molar-refractivity contribution in [3.8, 4) is 0 Å². The minimum Gasteiger partial charge on any atom is -0.390 e. The van der Waals surface area contributed by atoms with E-state index in [2.05, 4.69) is 15.4 Å². The SMILES string of the molecule is O=C(Nc1ccc(Cl)cc1F)C12C[C@@H]3C[C@@H](C1)CC(n1cnc([N+](=O)[O-])n1)(C3)C2. The Hall–Kier alpha value is -2.55. The zero-order valence-corrected chi connectivity index (χ0v) is 16.2. The van der Waals surface area contributed by atoms with Gasteiger partial charge in [0.2, 0.25) is 12.2 Å². The molecule has 4 aliphatic carbocycles. The number of rotatable bonds is 4. The highest BCUT2D eigenvalue weighted by atomic mass is 35.5. The van der Waals surface area contributed by atoms with Gasteiger partial charge in [-0.05, 0) is 73.5 Å². The van der Waals surface area contributed by atoms with Crippen LogP contribution in [0, 0.1) is 33.2 Å². The second-order valence-corrected chi connectivity index (χ2v) is 9.23. The summed E-state index contributed by atoms with van der Waals surface area (Å²) in [6.07, 6.45) is 6.11. The number of halogens is 2. The third kappa shape index (κ3) is 2.90. The number of benzene rings is 1. The van der Waals surface area contributed by atoms with E-state index in [9.17, 15) is 19.3 Å². The van der Waals surface area contributed by atoms with Gasteiger partial charge in [-0.3, -0.25) is 4.79 Å². The first kappa shape index (κ1) is 18.5. The summed E-state index contributed by atoms with van der Waals surface area (Å²) in [5.41, 5.74) is -0.987. The van der Waals surface area contributed by atoms with E-state index in [0.29, 0.717) is 18.3 Å². The van der Waals surface area contributed by atoms with Crippen molar-refractivity contribution in [2.24, 2.45) is 17.3 Å². The normalized spacial score (nSPS) is 32.3. The van der Waals surface area contributed by atoms with Crippen LogP contribution in [0.25, 0.3) is 0 Å². The number of nitrogens with one attached hydrogen (secondary N) is 1. The van der Waals surface area contributed by atoms with Crippen molar-refractivity contribution in [1.29, 1.82) is 0 Å². The number of hydrogen-bond donors (Lipinski definition) is 1. The summed E-state index contributed by atoms with van der Waals surface area (Å²) in [4.78, 5) is 27.6. The number of carbonyl (C=O) groups excluding carboxylic acids is 1. The molecule has 0 radical (unpaired) electrons. The standard InChI is InChI=1S/C19H19ClFN5O3/c20-13-1-2-15(14(21)4-13)23-16(27)18-5-11-3-12(6-18)8-19(7-11,9-18)25-10-22-17(24-25)26(28)29/h1-2,4,10-12H,3,5-9H2,(H,23,27)/t11-,12-,18?,19?/m0/s1. The van der Waals surface area contributed by atoms with E-state index in [1.54, 1.807) is 4.68 Å². The fourth-order valence-corrected chi connectivity index (χ4v) is 6.32. The number of amides is 1. The summed E-state index contributed by atoms with van der Waals surface area (Å²) in [5, 5.41) is 18.2. The van der Waals surface area contributed by atoms with Gasteiger partial charge in [0.1, 0.15) is 5.82 Å². The fraction of sp³-hybridized carbons (Fsp3) is 0.526. The molecular weight excluding hydrogens is 401 g/mol. The molecule has 4 saturated carbocycles. The highest BCUT2D eigenvalue weighted by Crippen LogP contribution is 2.64. The Bertz CT molecular complexity index is 1010. The molecule has 4 bridgehead atoms. The van der Waals surface area contributed by atoms with Gasteiger partial charge in [-0.15, -0.1) is 0 Å². The van der Waals surface area contributed by atoms with Gasteiger partial charge in [0.05, 0.1) is 16.6 Å². The van der Waals surface area contributed by atoms with Crippen molar-refractivity contribution in [2.75, 3.05) is 5.32 Å². The molecule has 1 aromatic carbocycles. The van der Waals surface area contributed by atoms with E-state index >= 15 is 0 Å². The van der Waals surface area contributed by atoms with Crippen molar-refractivity contribution < 1.29 is 14.1 Å². The van der Waals surface area contributed by atoms with Gasteiger partial charge < -0.3 is 15.4 Å². The van der Waals surface area contributed by atoms with Crippen LogP contribution in [-0.4, -0.2) is 25.6 Å². The molecule has 0 saturated heterocycles. The van der Waals surface area contributed by atoms with Gasteiger partial charge in [-0.1, -0.05) is 16.6 Å². The summed E-state index contributed by atoms with van der Waals surface area (Å²) in [7, 11) is 0. The van der Waals surface area contributed by atoms with Gasteiger partial charge in [0.15, 0.2) is 0 Å². The van der Waals surface area contributed by atoms with Gasteiger partial charge in [-0.2, -0.15) is 4.68 Å². The Balaban J connectivity index is 1.47. The quantitative estimate of drug-likeness (QED) is 0.597. The first-order valence-corrected chi connectivity index (χ1v) is 9.99. The minimum absolute atomic E-state index is 0.112. The van der Waals surface area contributed by atoms with E-state index in [-0.39, 0.29) is 16.6 Å². The molecule has 152 valence electrons. The number of anilines is 1. The second-order valence-electron chi connectivity index (χ2n) is 8.79. The maximum absolute atomic E-state index is 14.2. The summed E-state index contributed by atoms with van der Waals surface area (Å²) >= 11 is 5.80. The molecule has 1 heterocycles. The van der Waals surface area contributed by atoms with E-state index < -0.39 is 27.6 Å². The topological polar surface area (TPSA) is 103 Å². The maximum atomic E-state index is 14.2. The second kappa shape index (κ2) is 6.22. The third-order valence-corrected chi connectivity index (χ3v) is 7.06. The smallest absolute Gasteiger partial charge is 0.390 e. The lowest BCUT2D eigenvalue weighted by atomic mass is 9.46. The predicted octanol–water partition coefficient (Wildman–Crippen LogP) is 3.91. The Labute approximate surface area is 170 Å². The summed E-state index contributed by atoms with van der Waals surface area (Å²) in [6, 6.07) is 4.18. The largest absolute Gasteiger partial charge is 0.490 e. The Morgan fingerprint density at radius 1 is 1.31 bits per heavy atom. The molecule has 2 aromatic rings. The zero-order valence-electron chi connectivity index (χ0n) is 15.5. The van der Waals surface area contributed by atoms with Gasteiger partial charge in [0, 0.05) is 10.1 Å². The average Bonchev–Trinajstić information content (AvgIpc) is 3.14. The summed E-state index contributed by atoms with van der Waals surface area (Å²) in [6.45, 7) is 0. The first-order chi connectivity index (χ1) is 13.8. The molecule has 4 aliphatic rings. The lowest BCUT2D eigenvalue weighted by molar-refractivity contribution is -0.394. The Morgan fingerprint density at radius 3 is 2.66 bits per heavy atom. The van der Waals surface area contributed by atoms with E-state index in [1.807, 2.05) is 0 Å². The van der Waals surface area contributed by atoms with Crippen LogP contribution in [0.1, 0.15) is 38.5 Å². The number of nitro groups is 1. The molecule has 6 rings (SSSR count). The van der Waals surface area contributed by atoms with Crippen LogP contribution in [0.2, 0.25) is 5.02 Å². The van der Waals surface area contributed by atoms with E-state index in [4.69, 9.17) is 11.6 Å². The Morgan fingerprint density at radius 2 is 2.03 bits per heavy atom. The number of aromatic nitrogens is 3. The molecule has 0 aliphatic heterocycles. The minimum atomic E-state index is -0.642. The van der Waals surface area contributed by atoms with Gasteiger partial charge >= 0.3 is 5.95 Å². The van der Waals surface area contributed by atoms with Crippen LogP contribution in [-0.2, 0) is 10.3 Å². The van der Waals surface area contributed by atoms with Crippen molar-refractivity contribution in [3.05, 3.63) is 45.5 Å². The van der Waals surface area contributed by atoms with Gasteiger partial charge in [-0.25, -0.2) is 4.39 Å². The number of nitrogens with zero attached hydrogens (tertiary/aromatic N) is 4. The van der Waals surface area contributed by atoms with Crippen LogP contribution in [0.4, 0.5) is 16.0 Å². The number of carbonyl (C=O) groups is 1. The van der Waals surface area contributed by atoms with Crippen molar-refractivity contribution >= 4 is 29.1 Å². The lowest BCUT2D eigenvalue weighted by Crippen LogP contribution is -2.60. The molecule has 0 spiro atoms. The highest BCUT2D eigenvalue weighted by molar-refractivity contribution is 6.30. The summed E-state index contributed by atoms with van der Waals surface area (Å²) < 4.78 is 15.8. The molecule has 0 unspecified atom stereocenters. The van der Waals surface area contributed by atoms with Crippen LogP contribution in [0.3, 0.4) is 0 Å². The summed E-state index contributed by atoms with van der Waals surface area (Å²) in [5.74, 6) is -0.535. The molecule has 8 nitrogen and oxygen atoms in total. The fourth-order valence-electron chi connectivity index (χ4n) is 6.16. The molecule has 2 atom stereocenters. The third-order valence-electron chi connectivity index (χ3n) is 6.82. The average molecular weight is 420 g/mol. The van der Waals surface area contributed by atoms with Crippen molar-refractivity contribution in [3.63, 3.8) is 0 Å². The van der Waals surface area contributed by atoms with E-state index in [1.165, 1.54) is 24.5 Å². The van der Waals surface area contributed by atoms with Crippen LogP contribution in [0.15, 0.2) is 24.5 Å². The Kier molecular flexibility index (Phi) is 3.96. The van der Waals surface area contributed by atoms with Crippen LogP contribution >= 0.6 is 11.6 Å². The van der Waals surface area contributed by atoms with Crippen molar-refractivity contribution in [2.45, 2.75) is 44.1 Å².